The third-order valence-corrected chi connectivity index (χ3v) is 3.86. The summed E-state index contributed by atoms with van der Waals surface area (Å²) in [6.07, 6.45) is 2.83. The Morgan fingerprint density at radius 1 is 1.11 bits per heavy atom. The quantitative estimate of drug-likeness (QED) is 0.721. The summed E-state index contributed by atoms with van der Waals surface area (Å²) < 4.78 is 8.03. The van der Waals surface area contributed by atoms with E-state index in [0.717, 1.165) is 31.8 Å². The largest absolute Gasteiger partial charge is 0.464 e. The summed E-state index contributed by atoms with van der Waals surface area (Å²) in [5.74, 6) is 0.948. The highest BCUT2D eigenvalue weighted by Crippen LogP contribution is 2.31. The molecule has 1 aliphatic heterocycles. The van der Waals surface area contributed by atoms with Gasteiger partial charge in [-0.15, -0.1) is 0 Å². The number of hydrogen-bond donors (Lipinski definition) is 1. The van der Waals surface area contributed by atoms with Gasteiger partial charge in [-0.2, -0.15) is 0 Å². The van der Waals surface area contributed by atoms with E-state index in [-0.39, 0.29) is 0 Å². The second kappa shape index (κ2) is 4.28. The first-order chi connectivity index (χ1) is 9.43. The van der Waals surface area contributed by atoms with Crippen LogP contribution in [0, 0.1) is 0 Å². The van der Waals surface area contributed by atoms with Crippen molar-refractivity contribution in [1.82, 2.24) is 9.88 Å². The van der Waals surface area contributed by atoms with E-state index in [1.807, 2.05) is 12.1 Å². The first-order valence-corrected chi connectivity index (χ1v) is 6.79. The Morgan fingerprint density at radius 3 is 3.00 bits per heavy atom. The number of benzene rings is 1. The van der Waals surface area contributed by atoms with Crippen molar-refractivity contribution in [3.63, 3.8) is 0 Å². The lowest BCUT2D eigenvalue weighted by Gasteiger charge is -2.09. The van der Waals surface area contributed by atoms with Gasteiger partial charge < -0.3 is 14.3 Å². The lowest BCUT2D eigenvalue weighted by Crippen LogP contribution is -2.17. The Bertz CT molecular complexity index is 710. The van der Waals surface area contributed by atoms with Gasteiger partial charge in [-0.05, 0) is 24.3 Å². The van der Waals surface area contributed by atoms with E-state index in [4.69, 9.17) is 4.42 Å². The second-order valence-corrected chi connectivity index (χ2v) is 5.01. The number of rotatable bonds is 1. The zero-order valence-corrected chi connectivity index (χ0v) is 10.7. The van der Waals surface area contributed by atoms with E-state index < -0.39 is 0 Å². The molecule has 0 aliphatic carbocycles. The van der Waals surface area contributed by atoms with Crippen molar-refractivity contribution < 1.29 is 4.42 Å². The third kappa shape index (κ3) is 1.70. The Morgan fingerprint density at radius 2 is 2.11 bits per heavy atom. The van der Waals surface area contributed by atoms with Crippen LogP contribution >= 0.6 is 0 Å². The Hall–Kier alpha value is -2.00. The molecule has 0 radical (unpaired) electrons. The predicted molar refractivity (Wildman–Crippen MR) is 76.2 cm³/mol. The maximum absolute atomic E-state index is 5.59. The molecule has 1 aliphatic rings. The van der Waals surface area contributed by atoms with Gasteiger partial charge in [0.05, 0.1) is 11.8 Å². The minimum atomic E-state index is 0.948. The smallest absolute Gasteiger partial charge is 0.135 e. The SMILES string of the molecule is c1coc(-c2cccc3cc4n(c23)CCNCC4)c1. The molecular weight excluding hydrogens is 236 g/mol. The Balaban J connectivity index is 2.01. The standard InChI is InChI=1S/C16H16N2O/c1-3-12-11-13-6-7-17-8-9-18(13)16(12)14(4-1)15-5-2-10-19-15/h1-5,10-11,17H,6-9H2. The van der Waals surface area contributed by atoms with Crippen LogP contribution in [0.1, 0.15) is 5.69 Å². The number of fused-ring (bicyclic) bond motifs is 3. The van der Waals surface area contributed by atoms with Crippen LogP contribution in [-0.4, -0.2) is 17.7 Å². The van der Waals surface area contributed by atoms with E-state index in [0.29, 0.717) is 0 Å². The van der Waals surface area contributed by atoms with Crippen molar-refractivity contribution >= 4 is 10.9 Å². The van der Waals surface area contributed by atoms with Gasteiger partial charge in [-0.3, -0.25) is 0 Å². The van der Waals surface area contributed by atoms with Crippen LogP contribution in [0.15, 0.2) is 47.1 Å². The van der Waals surface area contributed by atoms with E-state index in [1.54, 1.807) is 6.26 Å². The lowest BCUT2D eigenvalue weighted by molar-refractivity contribution is 0.582. The third-order valence-electron chi connectivity index (χ3n) is 3.86. The van der Waals surface area contributed by atoms with Crippen LogP contribution in [0.2, 0.25) is 0 Å². The first-order valence-electron chi connectivity index (χ1n) is 6.79. The topological polar surface area (TPSA) is 30.1 Å². The highest BCUT2D eigenvalue weighted by Gasteiger charge is 2.15. The molecule has 96 valence electrons. The van der Waals surface area contributed by atoms with Crippen LogP contribution in [0.5, 0.6) is 0 Å². The summed E-state index contributed by atoms with van der Waals surface area (Å²) >= 11 is 0. The minimum Gasteiger partial charge on any atom is -0.464 e. The number of furan rings is 1. The number of para-hydroxylation sites is 1. The van der Waals surface area contributed by atoms with Gasteiger partial charge in [0.2, 0.25) is 0 Å². The molecule has 0 atom stereocenters. The van der Waals surface area contributed by atoms with Crippen LogP contribution in [0.25, 0.3) is 22.2 Å². The average Bonchev–Trinajstić information content (AvgIpc) is 3.02. The van der Waals surface area contributed by atoms with Gasteiger partial charge >= 0.3 is 0 Å². The maximum Gasteiger partial charge on any atom is 0.135 e. The second-order valence-electron chi connectivity index (χ2n) is 5.01. The molecule has 0 fully saturated rings. The fraction of sp³-hybridized carbons (Fsp3) is 0.250. The van der Waals surface area contributed by atoms with Crippen LogP contribution in [0.4, 0.5) is 0 Å². The van der Waals surface area contributed by atoms with Crippen LogP contribution < -0.4 is 5.32 Å². The first kappa shape index (κ1) is 10.9. The van der Waals surface area contributed by atoms with Gasteiger partial charge in [0.25, 0.3) is 0 Å². The molecule has 0 unspecified atom stereocenters. The minimum absolute atomic E-state index is 0.948. The zero-order chi connectivity index (χ0) is 12.7. The Labute approximate surface area is 111 Å². The van der Waals surface area contributed by atoms with Crippen LogP contribution in [0.3, 0.4) is 0 Å². The van der Waals surface area contributed by atoms with E-state index in [1.165, 1.54) is 22.2 Å². The summed E-state index contributed by atoms with van der Waals surface area (Å²) in [4.78, 5) is 0. The van der Waals surface area contributed by atoms with Crippen LogP contribution in [-0.2, 0) is 13.0 Å². The van der Waals surface area contributed by atoms with Crippen molar-refractivity contribution in [1.29, 1.82) is 0 Å². The lowest BCUT2D eigenvalue weighted by atomic mass is 10.1. The molecule has 1 aromatic carbocycles. The summed E-state index contributed by atoms with van der Waals surface area (Å²) in [5.41, 5.74) is 3.91. The number of hydrogen-bond acceptors (Lipinski definition) is 2. The zero-order valence-electron chi connectivity index (χ0n) is 10.7. The molecule has 3 heteroatoms. The molecule has 1 N–H and O–H groups in total. The molecule has 3 aromatic rings. The molecule has 19 heavy (non-hydrogen) atoms. The van der Waals surface area contributed by atoms with Gasteiger partial charge in [-0.25, -0.2) is 0 Å². The normalized spacial score (nSPS) is 15.4. The molecule has 0 spiro atoms. The molecule has 3 heterocycles. The predicted octanol–water partition coefficient (Wildman–Crippen LogP) is 3.05. The van der Waals surface area contributed by atoms with Gasteiger partial charge in [-0.1, -0.05) is 12.1 Å². The molecule has 0 amide bonds. The number of nitrogens with one attached hydrogen (secondary N) is 1. The maximum atomic E-state index is 5.59. The summed E-state index contributed by atoms with van der Waals surface area (Å²) in [6.45, 7) is 3.12. The fourth-order valence-electron chi connectivity index (χ4n) is 3.01. The van der Waals surface area contributed by atoms with Crippen molar-refractivity contribution in [2.75, 3.05) is 13.1 Å². The fourth-order valence-corrected chi connectivity index (χ4v) is 3.01. The Kier molecular flexibility index (Phi) is 2.45. The summed E-state index contributed by atoms with van der Waals surface area (Å²) in [6, 6.07) is 12.7. The average molecular weight is 252 g/mol. The van der Waals surface area contributed by atoms with Crippen molar-refractivity contribution in [2.45, 2.75) is 13.0 Å². The highest BCUT2D eigenvalue weighted by atomic mass is 16.3. The molecular formula is C16H16N2O. The van der Waals surface area contributed by atoms with Gasteiger partial charge in [0.15, 0.2) is 0 Å². The molecule has 2 aromatic heterocycles. The van der Waals surface area contributed by atoms with Gasteiger partial charge in [0.1, 0.15) is 5.76 Å². The van der Waals surface area contributed by atoms with Crippen molar-refractivity contribution in [3.05, 3.63) is 48.4 Å². The van der Waals surface area contributed by atoms with E-state index >= 15 is 0 Å². The molecule has 0 bridgehead atoms. The van der Waals surface area contributed by atoms with Crippen molar-refractivity contribution in [2.24, 2.45) is 0 Å². The van der Waals surface area contributed by atoms with Crippen molar-refractivity contribution in [3.8, 4) is 11.3 Å². The summed E-state index contributed by atoms with van der Waals surface area (Å²) in [7, 11) is 0. The number of nitrogens with zero attached hydrogens (tertiary/aromatic N) is 1. The van der Waals surface area contributed by atoms with Gasteiger partial charge in [0, 0.05) is 42.7 Å². The molecule has 0 saturated heterocycles. The summed E-state index contributed by atoms with van der Waals surface area (Å²) in [5, 5.41) is 4.77. The van der Waals surface area contributed by atoms with E-state index in [2.05, 4.69) is 34.1 Å². The monoisotopic (exact) mass is 252 g/mol. The molecule has 4 rings (SSSR count). The highest BCUT2D eigenvalue weighted by molar-refractivity contribution is 5.94. The molecule has 0 saturated carbocycles. The molecule has 3 nitrogen and oxygen atoms in total. The number of aromatic nitrogens is 1. The van der Waals surface area contributed by atoms with E-state index in [9.17, 15) is 0 Å².